The molecule has 1 amide bonds. The topological polar surface area (TPSA) is 60.9 Å². The molecule has 1 heterocycles. The molecule has 1 fully saturated rings. The largest absolute Gasteiger partial charge is 0.338 e. The summed E-state index contributed by atoms with van der Waals surface area (Å²) in [6.07, 6.45) is 1.05. The Morgan fingerprint density at radius 2 is 1.79 bits per heavy atom. The van der Waals surface area contributed by atoms with Crippen molar-refractivity contribution in [2.24, 2.45) is 0 Å². The van der Waals surface area contributed by atoms with Crippen LogP contribution < -0.4 is 4.31 Å². The number of sulfonamides is 1. The van der Waals surface area contributed by atoms with Crippen molar-refractivity contribution in [3.05, 3.63) is 28.2 Å². The molecule has 0 radical (unpaired) electrons. The van der Waals surface area contributed by atoms with Crippen LogP contribution >= 0.6 is 23.2 Å². The fourth-order valence-electron chi connectivity index (χ4n) is 2.72. The molecule has 6 nitrogen and oxygen atoms in total. The quantitative estimate of drug-likeness (QED) is 0.783. The molecule has 1 atom stereocenters. The summed E-state index contributed by atoms with van der Waals surface area (Å²) >= 11 is 12.1. The maximum absolute atomic E-state index is 12.8. The average Bonchev–Trinajstić information content (AvgIpc) is 2.49. The molecule has 1 aliphatic rings. The third-order valence-corrected chi connectivity index (χ3v) is 5.81. The number of piperazine rings is 1. The van der Waals surface area contributed by atoms with E-state index in [0.29, 0.717) is 18.1 Å². The van der Waals surface area contributed by atoms with E-state index in [1.165, 1.54) is 12.1 Å². The van der Waals surface area contributed by atoms with Crippen molar-refractivity contribution < 1.29 is 13.2 Å². The SMILES string of the molecule is C[C@@H](C(=O)N1CCN(C)CC1)N(c1cc(Cl)ccc1Cl)S(C)(=O)=O. The number of carbonyl (C=O) groups excluding carboxylic acids is 1. The van der Waals surface area contributed by atoms with E-state index in [4.69, 9.17) is 23.2 Å². The maximum atomic E-state index is 12.8. The molecule has 0 bridgehead atoms. The van der Waals surface area contributed by atoms with Gasteiger partial charge in [0.15, 0.2) is 0 Å². The zero-order valence-electron chi connectivity index (χ0n) is 13.9. The van der Waals surface area contributed by atoms with Gasteiger partial charge in [-0.1, -0.05) is 23.2 Å². The normalized spacial score (nSPS) is 17.6. The lowest BCUT2D eigenvalue weighted by molar-refractivity contribution is -0.133. The Balaban J connectivity index is 2.34. The van der Waals surface area contributed by atoms with Crippen LogP contribution in [0.15, 0.2) is 18.2 Å². The minimum absolute atomic E-state index is 0.210. The summed E-state index contributed by atoms with van der Waals surface area (Å²) in [6.45, 7) is 4.23. The molecule has 0 spiro atoms. The van der Waals surface area contributed by atoms with E-state index in [1.807, 2.05) is 7.05 Å². The van der Waals surface area contributed by atoms with Crippen LogP contribution in [0.2, 0.25) is 10.0 Å². The van der Waals surface area contributed by atoms with Gasteiger partial charge >= 0.3 is 0 Å². The molecule has 24 heavy (non-hydrogen) atoms. The fourth-order valence-corrected chi connectivity index (χ4v) is 4.32. The first-order chi connectivity index (χ1) is 11.1. The predicted octanol–water partition coefficient (Wildman–Crippen LogP) is 1.92. The number of anilines is 1. The Labute approximate surface area is 153 Å². The summed E-state index contributed by atoms with van der Waals surface area (Å²) in [5, 5.41) is 0.574. The van der Waals surface area contributed by atoms with Gasteiger partial charge in [0, 0.05) is 31.2 Å². The van der Waals surface area contributed by atoms with Crippen LogP contribution in [0.1, 0.15) is 6.92 Å². The van der Waals surface area contributed by atoms with Crippen molar-refractivity contribution in [1.29, 1.82) is 0 Å². The molecule has 2 rings (SSSR count). The number of benzene rings is 1. The molecule has 0 aliphatic carbocycles. The second-order valence-electron chi connectivity index (χ2n) is 5.96. The number of hydrogen-bond donors (Lipinski definition) is 0. The second-order valence-corrected chi connectivity index (χ2v) is 8.66. The van der Waals surface area contributed by atoms with Crippen LogP contribution in [0, 0.1) is 0 Å². The maximum Gasteiger partial charge on any atom is 0.246 e. The van der Waals surface area contributed by atoms with Crippen LogP contribution in [-0.2, 0) is 14.8 Å². The molecule has 1 aliphatic heterocycles. The van der Waals surface area contributed by atoms with Gasteiger partial charge in [0.05, 0.1) is 17.0 Å². The monoisotopic (exact) mass is 393 g/mol. The van der Waals surface area contributed by atoms with E-state index in [0.717, 1.165) is 23.7 Å². The predicted molar refractivity (Wildman–Crippen MR) is 97.3 cm³/mol. The summed E-state index contributed by atoms with van der Waals surface area (Å²) in [5.41, 5.74) is 0.210. The zero-order chi connectivity index (χ0) is 18.1. The minimum atomic E-state index is -3.72. The van der Waals surface area contributed by atoms with Crippen molar-refractivity contribution >= 4 is 44.8 Å². The lowest BCUT2D eigenvalue weighted by atomic mass is 10.2. The van der Waals surface area contributed by atoms with E-state index >= 15 is 0 Å². The number of halogens is 2. The Kier molecular flexibility index (Phi) is 6.01. The van der Waals surface area contributed by atoms with Crippen molar-refractivity contribution in [3.63, 3.8) is 0 Å². The highest BCUT2D eigenvalue weighted by molar-refractivity contribution is 7.92. The van der Waals surface area contributed by atoms with Crippen LogP contribution in [0.5, 0.6) is 0 Å². The lowest BCUT2D eigenvalue weighted by Crippen LogP contribution is -2.54. The van der Waals surface area contributed by atoms with Crippen LogP contribution in [-0.4, -0.2) is 69.6 Å². The molecule has 0 unspecified atom stereocenters. The Morgan fingerprint density at radius 1 is 1.21 bits per heavy atom. The van der Waals surface area contributed by atoms with Gasteiger partial charge < -0.3 is 9.80 Å². The van der Waals surface area contributed by atoms with Gasteiger partial charge in [0.2, 0.25) is 15.9 Å². The van der Waals surface area contributed by atoms with Crippen LogP contribution in [0.3, 0.4) is 0 Å². The molecule has 1 saturated heterocycles. The third kappa shape index (κ3) is 4.33. The number of rotatable bonds is 4. The molecule has 0 aromatic heterocycles. The summed E-state index contributed by atoms with van der Waals surface area (Å²) in [6, 6.07) is 3.64. The number of nitrogens with zero attached hydrogens (tertiary/aromatic N) is 3. The first-order valence-electron chi connectivity index (χ1n) is 7.53. The van der Waals surface area contributed by atoms with Crippen molar-refractivity contribution in [1.82, 2.24) is 9.80 Å². The van der Waals surface area contributed by atoms with Gasteiger partial charge in [-0.25, -0.2) is 8.42 Å². The van der Waals surface area contributed by atoms with Gasteiger partial charge in [-0.3, -0.25) is 9.10 Å². The fraction of sp³-hybridized carbons (Fsp3) is 0.533. The van der Waals surface area contributed by atoms with Gasteiger partial charge in [-0.2, -0.15) is 0 Å². The molecule has 1 aromatic carbocycles. The summed E-state index contributed by atoms with van der Waals surface area (Å²) in [7, 11) is -1.73. The van der Waals surface area contributed by atoms with E-state index in [9.17, 15) is 13.2 Å². The Bertz CT molecular complexity index is 719. The number of amides is 1. The molecule has 0 saturated carbocycles. The molecule has 9 heteroatoms. The summed E-state index contributed by atoms with van der Waals surface area (Å²) < 4.78 is 25.7. The van der Waals surface area contributed by atoms with E-state index in [2.05, 4.69) is 4.90 Å². The van der Waals surface area contributed by atoms with Crippen molar-refractivity contribution in [2.75, 3.05) is 43.8 Å². The van der Waals surface area contributed by atoms with E-state index in [1.54, 1.807) is 17.9 Å². The van der Waals surface area contributed by atoms with Crippen LogP contribution in [0.4, 0.5) is 5.69 Å². The molecular formula is C15H21Cl2N3O3S. The van der Waals surface area contributed by atoms with Gasteiger partial charge in [0.25, 0.3) is 0 Å². The molecule has 134 valence electrons. The van der Waals surface area contributed by atoms with Gasteiger partial charge in [-0.05, 0) is 32.2 Å². The highest BCUT2D eigenvalue weighted by Crippen LogP contribution is 2.32. The third-order valence-electron chi connectivity index (χ3n) is 4.03. The molecular weight excluding hydrogens is 373 g/mol. The summed E-state index contributed by atoms with van der Waals surface area (Å²) in [4.78, 5) is 16.6. The van der Waals surface area contributed by atoms with Crippen LogP contribution in [0.25, 0.3) is 0 Å². The van der Waals surface area contributed by atoms with Crippen molar-refractivity contribution in [2.45, 2.75) is 13.0 Å². The second kappa shape index (κ2) is 7.47. The first kappa shape index (κ1) is 19.3. The zero-order valence-corrected chi connectivity index (χ0v) is 16.2. The number of hydrogen-bond acceptors (Lipinski definition) is 4. The van der Waals surface area contributed by atoms with E-state index in [-0.39, 0.29) is 16.6 Å². The summed E-state index contributed by atoms with van der Waals surface area (Å²) in [5.74, 6) is -0.246. The van der Waals surface area contributed by atoms with E-state index < -0.39 is 16.1 Å². The van der Waals surface area contributed by atoms with Crippen molar-refractivity contribution in [3.8, 4) is 0 Å². The lowest BCUT2D eigenvalue weighted by Gasteiger charge is -2.37. The van der Waals surface area contributed by atoms with Gasteiger partial charge in [-0.15, -0.1) is 0 Å². The highest BCUT2D eigenvalue weighted by atomic mass is 35.5. The van der Waals surface area contributed by atoms with Gasteiger partial charge in [0.1, 0.15) is 6.04 Å². The molecule has 0 N–H and O–H groups in total. The first-order valence-corrected chi connectivity index (χ1v) is 10.1. The highest BCUT2D eigenvalue weighted by Gasteiger charge is 2.34. The number of likely N-dealkylation sites (N-methyl/N-ethyl adjacent to an activating group) is 1. The Hall–Kier alpha value is -1.02. The minimum Gasteiger partial charge on any atom is -0.338 e. The number of carbonyl (C=O) groups is 1. The smallest absolute Gasteiger partial charge is 0.246 e. The standard InChI is InChI=1S/C15H21Cl2N3O3S/c1-11(15(21)19-8-6-18(2)7-9-19)20(24(3,22)23)14-10-12(16)4-5-13(14)17/h4-5,10-11H,6-9H2,1-3H3/t11-/m0/s1. The molecule has 1 aromatic rings. The average molecular weight is 394 g/mol. The Morgan fingerprint density at radius 3 is 2.33 bits per heavy atom.